The summed E-state index contributed by atoms with van der Waals surface area (Å²) in [6.07, 6.45) is 3.86. The van der Waals surface area contributed by atoms with Gasteiger partial charge in [0.15, 0.2) is 11.5 Å². The Balaban J connectivity index is 1.61. The highest BCUT2D eigenvalue weighted by Crippen LogP contribution is 2.42. The van der Waals surface area contributed by atoms with Gasteiger partial charge in [0.2, 0.25) is 5.75 Å². The molecule has 220 valence electrons. The molecule has 41 heavy (non-hydrogen) atoms. The van der Waals surface area contributed by atoms with Gasteiger partial charge < -0.3 is 19.1 Å². The fourth-order valence-electron chi connectivity index (χ4n) is 5.56. The van der Waals surface area contributed by atoms with Crippen molar-refractivity contribution in [3.05, 3.63) is 81.3 Å². The molecule has 1 saturated heterocycles. The van der Waals surface area contributed by atoms with Gasteiger partial charge in [0.1, 0.15) is 0 Å². The second kappa shape index (κ2) is 12.9. The van der Waals surface area contributed by atoms with Gasteiger partial charge in [-0.2, -0.15) is 8.42 Å². The number of ether oxygens (including phenoxy) is 3. The molecule has 4 rings (SSSR count). The molecule has 1 unspecified atom stereocenters. The summed E-state index contributed by atoms with van der Waals surface area (Å²) in [5.74, 6) is 1.08. The van der Waals surface area contributed by atoms with E-state index in [4.69, 9.17) is 37.4 Å². The Kier molecular flexibility index (Phi) is 9.74. The number of hydrogen-bond donors (Lipinski definition) is 1. The minimum Gasteiger partial charge on any atom is -0.493 e. The monoisotopic (exact) mass is 621 g/mol. The van der Waals surface area contributed by atoms with Crippen molar-refractivity contribution >= 4 is 39.2 Å². The zero-order valence-electron chi connectivity index (χ0n) is 23.2. The Morgan fingerprint density at radius 2 is 1.61 bits per heavy atom. The molecule has 3 aromatic carbocycles. The zero-order chi connectivity index (χ0) is 29.8. The maximum atomic E-state index is 13.8. The summed E-state index contributed by atoms with van der Waals surface area (Å²) in [6, 6.07) is 15.2. The summed E-state index contributed by atoms with van der Waals surface area (Å²) >= 11 is 12.7. The van der Waals surface area contributed by atoms with Crippen molar-refractivity contribution in [2.24, 2.45) is 0 Å². The van der Waals surface area contributed by atoms with Crippen molar-refractivity contribution in [2.75, 3.05) is 34.4 Å². The molecule has 1 atom stereocenters. The Labute approximate surface area is 250 Å². The second-order valence-corrected chi connectivity index (χ2v) is 12.4. The normalized spacial score (nSPS) is 17.3. The number of piperidine rings is 1. The molecule has 1 heterocycles. The van der Waals surface area contributed by atoms with E-state index in [0.29, 0.717) is 52.4 Å². The summed E-state index contributed by atoms with van der Waals surface area (Å²) in [5.41, 5.74) is 2.01. The summed E-state index contributed by atoms with van der Waals surface area (Å²) in [5, 5.41) is 0.920. The second-order valence-electron chi connectivity index (χ2n) is 10.1. The van der Waals surface area contributed by atoms with Crippen LogP contribution in [0.5, 0.6) is 17.2 Å². The smallest absolute Gasteiger partial charge is 0.294 e. The van der Waals surface area contributed by atoms with Crippen LogP contribution in [0.25, 0.3) is 0 Å². The van der Waals surface area contributed by atoms with Gasteiger partial charge in [-0.05, 0) is 79.6 Å². The number of benzene rings is 3. The van der Waals surface area contributed by atoms with Gasteiger partial charge in [0.05, 0.1) is 36.3 Å². The van der Waals surface area contributed by atoms with E-state index >= 15 is 0 Å². The fourth-order valence-corrected chi connectivity index (χ4v) is 6.34. The minimum absolute atomic E-state index is 0.137. The van der Waals surface area contributed by atoms with Crippen molar-refractivity contribution in [3.8, 4) is 17.2 Å². The fraction of sp³-hybridized carbons (Fsp3) is 0.367. The molecule has 1 aliphatic rings. The number of carbonyl (C=O) groups excluding carboxylic acids is 1. The Hall–Kier alpha value is -2.98. The zero-order valence-corrected chi connectivity index (χ0v) is 25.5. The first-order valence-electron chi connectivity index (χ1n) is 13.1. The van der Waals surface area contributed by atoms with Gasteiger partial charge in [-0.1, -0.05) is 41.4 Å². The van der Waals surface area contributed by atoms with Gasteiger partial charge >= 0.3 is 0 Å². The van der Waals surface area contributed by atoms with Crippen LogP contribution in [0.1, 0.15) is 47.2 Å². The molecular formula is C30H33Cl2NO7S. The number of carbonyl (C=O) groups is 1. The lowest BCUT2D eigenvalue weighted by Crippen LogP contribution is -2.48. The number of hydrogen-bond acceptors (Lipinski definition) is 6. The van der Waals surface area contributed by atoms with Gasteiger partial charge in [-0.25, -0.2) is 0 Å². The van der Waals surface area contributed by atoms with Crippen molar-refractivity contribution < 1.29 is 32.0 Å². The molecule has 8 nitrogen and oxygen atoms in total. The minimum atomic E-state index is -4.24. The van der Waals surface area contributed by atoms with Crippen LogP contribution in [0.15, 0.2) is 59.5 Å². The van der Waals surface area contributed by atoms with Crippen molar-refractivity contribution in [3.63, 3.8) is 0 Å². The van der Waals surface area contributed by atoms with Crippen LogP contribution in [0.2, 0.25) is 10.0 Å². The number of aryl methyl sites for hydroxylation is 1. The Morgan fingerprint density at radius 3 is 2.17 bits per heavy atom. The number of halogens is 2. The molecule has 1 fully saturated rings. The molecular weight excluding hydrogens is 589 g/mol. The predicted molar refractivity (Wildman–Crippen MR) is 159 cm³/mol. The third-order valence-electron chi connectivity index (χ3n) is 7.65. The van der Waals surface area contributed by atoms with Gasteiger partial charge in [-0.3, -0.25) is 9.35 Å². The number of likely N-dealkylation sites (tertiary alicyclic amines) is 1. The first-order valence-corrected chi connectivity index (χ1v) is 15.3. The van der Waals surface area contributed by atoms with Crippen LogP contribution in [0, 0.1) is 0 Å². The summed E-state index contributed by atoms with van der Waals surface area (Å²) in [6.45, 7) is 1.07. The lowest BCUT2D eigenvalue weighted by molar-refractivity contribution is 0.0623. The molecule has 11 heteroatoms. The lowest BCUT2D eigenvalue weighted by Gasteiger charge is -2.44. The Morgan fingerprint density at radius 1 is 0.951 bits per heavy atom. The van der Waals surface area contributed by atoms with Crippen molar-refractivity contribution in [2.45, 2.75) is 42.4 Å². The van der Waals surface area contributed by atoms with E-state index in [1.165, 1.54) is 33.5 Å². The maximum Gasteiger partial charge on any atom is 0.294 e. The molecule has 0 radical (unpaired) electrons. The van der Waals surface area contributed by atoms with E-state index in [2.05, 4.69) is 0 Å². The standard InChI is InChI=1S/C30H33Cl2NO7S/c1-38-26-16-21(17-27(39-2)28(26)40-3)29(34)33-15-5-14-30(19-33,22-9-12-24(31)25(32)18-22)13-4-6-20-7-10-23(11-8-20)41(35,36)37/h7-12,16-18H,4-6,13-15,19H2,1-3H3,(H,35,36,37). The van der Waals surface area contributed by atoms with E-state index < -0.39 is 10.1 Å². The number of amides is 1. The molecule has 1 N–H and O–H groups in total. The first kappa shape index (κ1) is 31.0. The molecule has 0 aliphatic carbocycles. The third-order valence-corrected chi connectivity index (χ3v) is 9.26. The van der Waals surface area contributed by atoms with E-state index in [1.54, 1.807) is 30.3 Å². The SMILES string of the molecule is COc1cc(C(=O)N2CCCC(CCCc3ccc(S(=O)(=O)O)cc3)(c3ccc(Cl)c(Cl)c3)C2)cc(OC)c1OC. The highest BCUT2D eigenvalue weighted by Gasteiger charge is 2.39. The van der Waals surface area contributed by atoms with Crippen molar-refractivity contribution in [1.29, 1.82) is 0 Å². The highest BCUT2D eigenvalue weighted by molar-refractivity contribution is 7.85. The summed E-state index contributed by atoms with van der Waals surface area (Å²) < 4.78 is 48.4. The average Bonchev–Trinajstić information content (AvgIpc) is 2.97. The van der Waals surface area contributed by atoms with E-state index in [0.717, 1.165) is 36.8 Å². The molecule has 3 aromatic rings. The highest BCUT2D eigenvalue weighted by atomic mass is 35.5. The van der Waals surface area contributed by atoms with Gasteiger partial charge in [0.25, 0.3) is 16.0 Å². The van der Waals surface area contributed by atoms with Crippen LogP contribution < -0.4 is 14.2 Å². The number of methoxy groups -OCH3 is 3. The first-order chi connectivity index (χ1) is 19.5. The van der Waals surface area contributed by atoms with E-state index in [9.17, 15) is 17.8 Å². The average molecular weight is 623 g/mol. The summed E-state index contributed by atoms with van der Waals surface area (Å²) in [4.78, 5) is 15.6. The Bertz CT molecular complexity index is 1490. The molecule has 1 amide bonds. The van der Waals surface area contributed by atoms with Crippen LogP contribution in [0.4, 0.5) is 0 Å². The molecule has 0 aromatic heterocycles. The largest absolute Gasteiger partial charge is 0.493 e. The molecule has 1 aliphatic heterocycles. The maximum absolute atomic E-state index is 13.8. The van der Waals surface area contributed by atoms with E-state index in [-0.39, 0.29) is 16.2 Å². The third kappa shape index (κ3) is 6.92. The predicted octanol–water partition coefficient (Wildman–Crippen LogP) is 6.46. The van der Waals surface area contributed by atoms with Crippen LogP contribution in [-0.2, 0) is 22.0 Å². The van der Waals surface area contributed by atoms with E-state index in [1.807, 2.05) is 17.0 Å². The number of nitrogens with zero attached hydrogens (tertiary/aromatic N) is 1. The summed E-state index contributed by atoms with van der Waals surface area (Å²) in [7, 11) is 0.294. The lowest BCUT2D eigenvalue weighted by atomic mass is 9.70. The van der Waals surface area contributed by atoms with Crippen LogP contribution >= 0.6 is 23.2 Å². The number of rotatable bonds is 10. The van der Waals surface area contributed by atoms with Gasteiger partial charge in [-0.15, -0.1) is 0 Å². The molecule has 0 bridgehead atoms. The van der Waals surface area contributed by atoms with Crippen LogP contribution in [-0.4, -0.2) is 58.2 Å². The van der Waals surface area contributed by atoms with Crippen molar-refractivity contribution in [1.82, 2.24) is 4.90 Å². The van der Waals surface area contributed by atoms with Crippen LogP contribution in [0.3, 0.4) is 0 Å². The van der Waals surface area contributed by atoms with Gasteiger partial charge in [0, 0.05) is 24.1 Å². The topological polar surface area (TPSA) is 102 Å². The molecule has 0 saturated carbocycles. The quantitative estimate of drug-likeness (QED) is 0.259. The molecule has 0 spiro atoms.